The molecular weight excluding hydrogens is 466 g/mol. The highest BCUT2D eigenvalue weighted by Crippen LogP contribution is 2.23. The van der Waals surface area contributed by atoms with Crippen molar-refractivity contribution in [2.45, 2.75) is 26.0 Å². The summed E-state index contributed by atoms with van der Waals surface area (Å²) in [4.78, 5) is 41.2. The standard InChI is InChI=1S/C23H22ClN3O5S/c1-14(25-22(29)16-7-3-4-8-17(16)24)23(30)32-12-15-13-33-21(26-15)11-20(28)27-18-9-5-6-10-19(18)31-2/h3-10,13-14H,11-12H2,1-2H3,(H,25,29)(H,27,28)/t14-/m0/s1. The lowest BCUT2D eigenvalue weighted by Crippen LogP contribution is -2.39. The minimum Gasteiger partial charge on any atom is -0.495 e. The molecule has 0 fully saturated rings. The monoisotopic (exact) mass is 487 g/mol. The summed E-state index contributed by atoms with van der Waals surface area (Å²) in [6, 6.07) is 12.8. The fraction of sp³-hybridized carbons (Fsp3) is 0.217. The van der Waals surface area contributed by atoms with Crippen LogP contribution in [0.5, 0.6) is 5.75 Å². The highest BCUT2D eigenvalue weighted by atomic mass is 35.5. The molecule has 3 aromatic rings. The summed E-state index contributed by atoms with van der Waals surface area (Å²) in [6.07, 6.45) is 0.0704. The lowest BCUT2D eigenvalue weighted by Gasteiger charge is -2.13. The van der Waals surface area contributed by atoms with E-state index in [1.54, 1.807) is 47.8 Å². The van der Waals surface area contributed by atoms with E-state index in [2.05, 4.69) is 15.6 Å². The van der Waals surface area contributed by atoms with E-state index in [-0.39, 0.29) is 24.5 Å². The number of amides is 2. The average Bonchev–Trinajstić information content (AvgIpc) is 3.25. The molecule has 172 valence electrons. The van der Waals surface area contributed by atoms with Gasteiger partial charge in [-0.05, 0) is 31.2 Å². The van der Waals surface area contributed by atoms with E-state index in [1.165, 1.54) is 25.4 Å². The Balaban J connectivity index is 1.48. The number of carbonyl (C=O) groups excluding carboxylic acids is 3. The molecule has 3 rings (SSSR count). The molecule has 0 aliphatic carbocycles. The number of para-hydroxylation sites is 2. The number of benzene rings is 2. The molecule has 1 atom stereocenters. The van der Waals surface area contributed by atoms with Crippen LogP contribution in [0.15, 0.2) is 53.9 Å². The van der Waals surface area contributed by atoms with Crippen LogP contribution in [0.3, 0.4) is 0 Å². The van der Waals surface area contributed by atoms with Gasteiger partial charge in [-0.15, -0.1) is 11.3 Å². The molecule has 2 aromatic carbocycles. The number of hydrogen-bond donors (Lipinski definition) is 2. The Hall–Kier alpha value is -3.43. The molecule has 8 nitrogen and oxygen atoms in total. The Bertz CT molecular complexity index is 1150. The van der Waals surface area contributed by atoms with E-state index in [1.807, 2.05) is 6.07 Å². The zero-order chi connectivity index (χ0) is 23.8. The third-order valence-corrected chi connectivity index (χ3v) is 5.70. The van der Waals surface area contributed by atoms with Gasteiger partial charge in [-0.1, -0.05) is 35.9 Å². The second kappa shape index (κ2) is 11.4. The van der Waals surface area contributed by atoms with Crippen LogP contribution in [0.25, 0.3) is 0 Å². The molecule has 1 heterocycles. The number of nitrogens with one attached hydrogen (secondary N) is 2. The molecule has 0 saturated carbocycles. The number of anilines is 1. The van der Waals surface area contributed by atoms with E-state index in [0.717, 1.165) is 0 Å². The molecule has 2 amide bonds. The van der Waals surface area contributed by atoms with Crippen molar-refractivity contribution >= 4 is 46.4 Å². The number of aromatic nitrogens is 1. The molecule has 0 bridgehead atoms. The van der Waals surface area contributed by atoms with Gasteiger partial charge in [0.15, 0.2) is 0 Å². The van der Waals surface area contributed by atoms with Crippen molar-refractivity contribution in [3.63, 3.8) is 0 Å². The predicted octanol–water partition coefficient (Wildman–Crippen LogP) is 3.85. The van der Waals surface area contributed by atoms with E-state index < -0.39 is 17.9 Å². The normalized spacial score (nSPS) is 11.4. The number of halogens is 1. The number of thiazole rings is 1. The van der Waals surface area contributed by atoms with E-state index in [9.17, 15) is 14.4 Å². The predicted molar refractivity (Wildman–Crippen MR) is 126 cm³/mol. The Kier molecular flexibility index (Phi) is 8.39. The Morgan fingerprint density at radius 1 is 1.12 bits per heavy atom. The highest BCUT2D eigenvalue weighted by molar-refractivity contribution is 7.09. The van der Waals surface area contributed by atoms with Gasteiger partial charge in [-0.25, -0.2) is 9.78 Å². The SMILES string of the molecule is COc1ccccc1NC(=O)Cc1nc(COC(=O)[C@H](C)NC(=O)c2ccccc2Cl)cs1. The summed E-state index contributed by atoms with van der Waals surface area (Å²) in [5.74, 6) is -0.762. The quantitative estimate of drug-likeness (QED) is 0.444. The van der Waals surface area contributed by atoms with Gasteiger partial charge < -0.3 is 20.1 Å². The molecule has 0 saturated heterocycles. The smallest absolute Gasteiger partial charge is 0.328 e. The van der Waals surface area contributed by atoms with Crippen LogP contribution in [0.2, 0.25) is 5.02 Å². The van der Waals surface area contributed by atoms with Crippen molar-refractivity contribution in [1.82, 2.24) is 10.3 Å². The number of carbonyl (C=O) groups is 3. The van der Waals surface area contributed by atoms with E-state index in [0.29, 0.717) is 27.2 Å². The third-order valence-electron chi connectivity index (χ3n) is 4.47. The summed E-state index contributed by atoms with van der Waals surface area (Å²) in [5, 5.41) is 7.93. The Morgan fingerprint density at radius 3 is 2.61 bits per heavy atom. The van der Waals surface area contributed by atoms with Crippen LogP contribution in [-0.2, 0) is 27.4 Å². The lowest BCUT2D eigenvalue weighted by atomic mass is 10.2. The second-order valence-corrected chi connectivity index (χ2v) is 8.29. The Morgan fingerprint density at radius 2 is 1.85 bits per heavy atom. The van der Waals surface area contributed by atoms with Crippen molar-refractivity contribution in [1.29, 1.82) is 0 Å². The fourth-order valence-corrected chi connectivity index (χ4v) is 3.82. The molecule has 2 N–H and O–H groups in total. The summed E-state index contributed by atoms with van der Waals surface area (Å²) in [7, 11) is 1.53. The molecule has 1 aromatic heterocycles. The number of esters is 1. The van der Waals surface area contributed by atoms with Crippen LogP contribution in [-0.4, -0.2) is 35.9 Å². The number of methoxy groups -OCH3 is 1. The van der Waals surface area contributed by atoms with Crippen molar-refractivity contribution in [3.8, 4) is 5.75 Å². The Labute approximate surface area is 199 Å². The summed E-state index contributed by atoms with van der Waals surface area (Å²) in [6.45, 7) is 1.45. The minimum absolute atomic E-state index is 0.0704. The molecule has 0 spiro atoms. The molecule has 0 unspecified atom stereocenters. The van der Waals surface area contributed by atoms with Crippen LogP contribution in [0.1, 0.15) is 28.0 Å². The number of ether oxygens (including phenoxy) is 2. The zero-order valence-electron chi connectivity index (χ0n) is 18.0. The van der Waals surface area contributed by atoms with Crippen LogP contribution >= 0.6 is 22.9 Å². The first kappa shape index (κ1) is 24.2. The molecular formula is C23H22ClN3O5S. The van der Waals surface area contributed by atoms with Gasteiger partial charge in [0.1, 0.15) is 23.4 Å². The second-order valence-electron chi connectivity index (χ2n) is 6.94. The van der Waals surface area contributed by atoms with Gasteiger partial charge in [-0.2, -0.15) is 0 Å². The molecule has 0 aliphatic heterocycles. The average molecular weight is 488 g/mol. The number of nitrogens with zero attached hydrogens (tertiary/aromatic N) is 1. The van der Waals surface area contributed by atoms with Gasteiger partial charge in [-0.3, -0.25) is 9.59 Å². The van der Waals surface area contributed by atoms with Gasteiger partial charge in [0.05, 0.1) is 35.5 Å². The van der Waals surface area contributed by atoms with Crippen LogP contribution < -0.4 is 15.4 Å². The first-order valence-electron chi connectivity index (χ1n) is 9.95. The van der Waals surface area contributed by atoms with Gasteiger partial charge >= 0.3 is 5.97 Å². The molecule has 33 heavy (non-hydrogen) atoms. The first-order valence-corrected chi connectivity index (χ1v) is 11.2. The molecule has 10 heteroatoms. The first-order chi connectivity index (χ1) is 15.9. The van der Waals surface area contributed by atoms with Gasteiger partial charge in [0.2, 0.25) is 5.91 Å². The summed E-state index contributed by atoms with van der Waals surface area (Å²) in [5.41, 5.74) is 1.36. The summed E-state index contributed by atoms with van der Waals surface area (Å²) < 4.78 is 10.5. The number of rotatable bonds is 9. The van der Waals surface area contributed by atoms with Crippen molar-refractivity contribution in [2.24, 2.45) is 0 Å². The zero-order valence-corrected chi connectivity index (χ0v) is 19.5. The topological polar surface area (TPSA) is 107 Å². The van der Waals surface area contributed by atoms with E-state index >= 15 is 0 Å². The summed E-state index contributed by atoms with van der Waals surface area (Å²) >= 11 is 7.29. The lowest BCUT2D eigenvalue weighted by molar-refractivity contribution is -0.146. The van der Waals surface area contributed by atoms with Crippen molar-refractivity contribution in [2.75, 3.05) is 12.4 Å². The maximum atomic E-state index is 12.3. The van der Waals surface area contributed by atoms with Crippen molar-refractivity contribution < 1.29 is 23.9 Å². The van der Waals surface area contributed by atoms with Gasteiger partial charge in [0, 0.05) is 5.38 Å². The maximum Gasteiger partial charge on any atom is 0.328 e. The van der Waals surface area contributed by atoms with Gasteiger partial charge in [0.25, 0.3) is 5.91 Å². The van der Waals surface area contributed by atoms with Crippen LogP contribution in [0, 0.1) is 0 Å². The van der Waals surface area contributed by atoms with Crippen molar-refractivity contribution in [3.05, 3.63) is 75.2 Å². The number of hydrogen-bond acceptors (Lipinski definition) is 7. The molecule has 0 aliphatic rings. The third kappa shape index (κ3) is 6.77. The van der Waals surface area contributed by atoms with Crippen LogP contribution in [0.4, 0.5) is 5.69 Å². The largest absolute Gasteiger partial charge is 0.495 e. The minimum atomic E-state index is -0.876. The fourth-order valence-electron chi connectivity index (χ4n) is 2.82. The highest BCUT2D eigenvalue weighted by Gasteiger charge is 2.20. The molecule has 0 radical (unpaired) electrons. The maximum absolute atomic E-state index is 12.3. The van der Waals surface area contributed by atoms with E-state index in [4.69, 9.17) is 21.1 Å².